The molecule has 2 aromatic heterocycles. The number of hydrogen-bond donors (Lipinski definition) is 0. The number of anilines is 4. The molecular formula is C136H131BN4. The Morgan fingerprint density at radius 3 is 0.993 bits per heavy atom. The zero-order valence-electron chi connectivity index (χ0n) is 98.1. The first-order chi connectivity index (χ1) is 74.0. The predicted molar refractivity (Wildman–Crippen MR) is 603 cm³/mol. The van der Waals surface area contributed by atoms with Gasteiger partial charge in [0.25, 0.3) is 6.71 Å². The zero-order chi connectivity index (χ0) is 109. The van der Waals surface area contributed by atoms with Crippen LogP contribution < -0.4 is 26.2 Å². The van der Waals surface area contributed by atoms with E-state index in [0.29, 0.717) is 35.6 Å². The van der Waals surface area contributed by atoms with Gasteiger partial charge >= 0.3 is 0 Å². The van der Waals surface area contributed by atoms with E-state index in [1.54, 1.807) is 9.13 Å². The molecule has 0 radical (unpaired) electrons. The fourth-order valence-electron chi connectivity index (χ4n) is 23.8. The molecule has 141 heavy (non-hydrogen) atoms. The van der Waals surface area contributed by atoms with E-state index < -0.39 is 58.0 Å². The van der Waals surface area contributed by atoms with Crippen molar-refractivity contribution in [3.63, 3.8) is 0 Å². The van der Waals surface area contributed by atoms with Crippen molar-refractivity contribution in [3.05, 3.63) is 459 Å². The lowest BCUT2D eigenvalue weighted by Gasteiger charge is -2.45. The van der Waals surface area contributed by atoms with Crippen LogP contribution in [-0.2, 0) is 50.7 Å². The third-order valence-corrected chi connectivity index (χ3v) is 31.1. The third kappa shape index (κ3) is 15.5. The van der Waals surface area contributed by atoms with Gasteiger partial charge in [0.05, 0.1) is 52.1 Å². The summed E-state index contributed by atoms with van der Waals surface area (Å²) < 4.78 is 141. The minimum atomic E-state index is -0.811. The van der Waals surface area contributed by atoms with Crippen LogP contribution in [0.5, 0.6) is 0 Å². The molecule has 0 amide bonds. The molecule has 19 aromatic rings. The van der Waals surface area contributed by atoms with Gasteiger partial charge in [0.15, 0.2) is 0 Å². The summed E-state index contributed by atoms with van der Waals surface area (Å²) in [6, 6.07) is 104. The molecule has 2 aliphatic carbocycles. The van der Waals surface area contributed by atoms with Crippen LogP contribution in [0.4, 0.5) is 22.7 Å². The molecule has 2 aliphatic heterocycles. The van der Waals surface area contributed by atoms with Gasteiger partial charge in [-0.05, 0) is 295 Å². The highest BCUT2D eigenvalue weighted by atomic mass is 15.2. The van der Waals surface area contributed by atoms with E-state index in [9.17, 15) is 19.2 Å². The number of nitrogens with zero attached hydrogens (tertiary/aromatic N) is 4. The van der Waals surface area contributed by atoms with E-state index in [-0.39, 0.29) is 115 Å². The van der Waals surface area contributed by atoms with Crippen molar-refractivity contribution in [3.8, 4) is 55.9 Å². The fourth-order valence-corrected chi connectivity index (χ4v) is 23.8. The summed E-state index contributed by atoms with van der Waals surface area (Å²) in [6.07, 6.45) is 8.46. The summed E-state index contributed by atoms with van der Waals surface area (Å²) in [7, 11) is 0. The van der Waals surface area contributed by atoms with Crippen LogP contribution in [-0.4, -0.2) is 28.9 Å². The summed E-state index contributed by atoms with van der Waals surface area (Å²) >= 11 is 0. The van der Waals surface area contributed by atoms with Crippen molar-refractivity contribution in [2.24, 2.45) is 0 Å². The van der Waals surface area contributed by atoms with Gasteiger partial charge in [-0.1, -0.05) is 421 Å². The summed E-state index contributed by atoms with van der Waals surface area (Å²) in [5.41, 5.74) is 30.9. The van der Waals surface area contributed by atoms with Gasteiger partial charge in [0, 0.05) is 68.8 Å². The molecule has 23 rings (SSSR count). The fraction of sp³-hybridized carbons (Fsp3) is 0.250. The summed E-state index contributed by atoms with van der Waals surface area (Å²) in [5.74, 6) is 0. The second-order valence-electron chi connectivity index (χ2n) is 45.1. The SMILES string of the molecule is [2H]c1c([2H])c([2H])c2c(c1[2H])c1c([2H])c(C(C)(C)C)c([2H])c([2H])c1n2-c1ccc2c(c1)N(CCCCCCc1ccc(C(C)(C)C)cc1-c1ccc3c(c1)C(c1ccccc1)(c1ccccc1)c1ccccc1-3)c1cc(C(C)(C)C)cc3c1B2c1ccc(-n2c4c([2H])c([2H])c([2H])c([2H])c4c4c([2H])c(C(C)(C)C)c([2H])c([2H])c42)cc1N3CCCCCCc1ccc(C(C)(C)C)cc1-c1ccc2c(c1)C(c1ccccc1)(c1ccccc1)c1ccccc1-2. The van der Waals surface area contributed by atoms with Gasteiger partial charge in [-0.3, -0.25) is 0 Å². The van der Waals surface area contributed by atoms with Crippen LogP contribution in [0.25, 0.3) is 99.5 Å². The Kier molecular flexibility index (Phi) is 18.9. The van der Waals surface area contributed by atoms with E-state index >= 15 is 0 Å². The monoisotopic (exact) mass is 1850 g/mol. The predicted octanol–water partition coefficient (Wildman–Crippen LogP) is 33.5. The van der Waals surface area contributed by atoms with E-state index in [1.807, 2.05) is 53.7 Å². The van der Waals surface area contributed by atoms with Crippen LogP contribution in [0.15, 0.2) is 376 Å². The second kappa shape index (κ2) is 35.1. The normalized spacial score (nSPS) is 15.4. The number of aryl methyl sites for hydroxylation is 2. The Balaban J connectivity index is 0.661. The number of benzene rings is 17. The van der Waals surface area contributed by atoms with Gasteiger partial charge < -0.3 is 18.9 Å². The first-order valence-electron chi connectivity index (χ1n) is 58.1. The molecule has 0 unspecified atom stereocenters. The molecule has 0 fully saturated rings. The molecule has 5 heteroatoms. The largest absolute Gasteiger partial charge is 0.342 e. The summed E-state index contributed by atoms with van der Waals surface area (Å²) in [4.78, 5) is 4.96. The summed E-state index contributed by atoms with van der Waals surface area (Å²) in [5, 5.41) is 0.558. The maximum atomic E-state index is 10.2. The standard InChI is InChI=1S/C136H131BN4/c1-130(2,3)98-66-62-90(111(82-98)92-64-72-107-105-54-34-38-58-115(105)135(117(107)80-92,94-46-26-20-27-47-94)95-48-28-21-29-49-95)44-24-16-18-42-78-138-125-88-103(140-121-60-40-36-56-109(121)113-84-100(132(7,8)9)68-76-123(113)140)70-74-119(125)137-120-75-71-104(141-122-61-41-37-57-110(122)114-85-101(133(10,11)12)69-77-124(114)141)89-126(120)139(128-87-102(134(13,14)15)86-127(138)129(128)137)79-43-19-17-25-45-91-63-67-99(131(4,5)6)83-112(91)93-65-73-108-106-55-35-39-59-116(106)136(118(108)81-93,96-50-30-22-31-51-96)97-52-32-23-33-53-97/h20-23,26-41,46-77,80-89H,16-19,24-25,42-45,78-79H2,1-15H3/i36D,37D,40D,41D,56D,57D,60D,61D,68D,69D,76D,77D,84D,85D. The van der Waals surface area contributed by atoms with Crippen molar-refractivity contribution < 1.29 is 19.2 Å². The van der Waals surface area contributed by atoms with E-state index in [0.717, 1.165) is 109 Å². The van der Waals surface area contributed by atoms with Crippen molar-refractivity contribution in [2.75, 3.05) is 22.9 Å². The Hall–Kier alpha value is -14.0. The smallest absolute Gasteiger partial charge is 0.252 e. The van der Waals surface area contributed by atoms with Crippen molar-refractivity contribution >= 4 is 89.5 Å². The first kappa shape index (κ1) is 75.9. The molecule has 4 nitrogen and oxygen atoms in total. The van der Waals surface area contributed by atoms with E-state index in [1.165, 1.54) is 111 Å². The Morgan fingerprint density at radius 2 is 0.610 bits per heavy atom. The van der Waals surface area contributed by atoms with Crippen LogP contribution in [0.1, 0.15) is 258 Å². The van der Waals surface area contributed by atoms with Gasteiger partial charge in [-0.2, -0.15) is 0 Å². The van der Waals surface area contributed by atoms with Crippen LogP contribution >= 0.6 is 0 Å². The molecule has 4 aliphatic rings. The third-order valence-electron chi connectivity index (χ3n) is 31.1. The average Bonchev–Trinajstić information content (AvgIpc) is 1.66. The molecular weight excluding hydrogens is 1700 g/mol. The van der Waals surface area contributed by atoms with E-state index in [2.05, 4.69) is 351 Å². The van der Waals surface area contributed by atoms with Crippen molar-refractivity contribution in [2.45, 2.75) is 206 Å². The van der Waals surface area contributed by atoms with Crippen molar-refractivity contribution in [1.82, 2.24) is 9.13 Å². The van der Waals surface area contributed by atoms with Gasteiger partial charge in [0.2, 0.25) is 0 Å². The first-order valence-corrected chi connectivity index (χ1v) is 51.1. The van der Waals surface area contributed by atoms with Gasteiger partial charge in [0.1, 0.15) is 0 Å². The van der Waals surface area contributed by atoms with Gasteiger partial charge in [-0.15, -0.1) is 0 Å². The lowest BCUT2D eigenvalue weighted by molar-refractivity contribution is 0.589. The molecule has 4 heterocycles. The zero-order valence-corrected chi connectivity index (χ0v) is 84.1. The number of para-hydroxylation sites is 2. The molecule has 698 valence electrons. The highest BCUT2D eigenvalue weighted by Crippen LogP contribution is 2.60. The molecule has 0 N–H and O–H groups in total. The Bertz CT molecular complexity index is 8400. The molecule has 0 saturated carbocycles. The quantitative estimate of drug-likeness (QED) is 0.0497. The minimum absolute atomic E-state index is 0.0679. The van der Waals surface area contributed by atoms with Crippen LogP contribution in [0.2, 0.25) is 0 Å². The molecule has 17 aromatic carbocycles. The lowest BCUT2D eigenvalue weighted by Crippen LogP contribution is -2.62. The number of fused-ring (bicyclic) bond motifs is 16. The molecule has 0 saturated heterocycles. The number of hydrogen-bond acceptors (Lipinski definition) is 2. The molecule has 0 bridgehead atoms. The summed E-state index contributed by atoms with van der Waals surface area (Å²) in [6.45, 7) is 32.5. The topological polar surface area (TPSA) is 16.3 Å². The van der Waals surface area contributed by atoms with Crippen molar-refractivity contribution in [1.29, 1.82) is 0 Å². The Morgan fingerprint density at radius 1 is 0.262 bits per heavy atom. The highest BCUT2D eigenvalue weighted by Gasteiger charge is 2.50. The highest BCUT2D eigenvalue weighted by molar-refractivity contribution is 7.00. The molecule has 0 spiro atoms. The maximum absolute atomic E-state index is 10.2. The Labute approximate surface area is 856 Å². The maximum Gasteiger partial charge on any atom is 0.252 e. The number of unbranched alkanes of at least 4 members (excludes halogenated alkanes) is 6. The second-order valence-corrected chi connectivity index (χ2v) is 45.1. The van der Waals surface area contributed by atoms with Crippen LogP contribution in [0.3, 0.4) is 0 Å². The molecule has 0 atom stereocenters. The minimum Gasteiger partial charge on any atom is -0.342 e. The van der Waals surface area contributed by atoms with Crippen LogP contribution in [0, 0.1) is 0 Å². The lowest BCUT2D eigenvalue weighted by atomic mass is 9.33. The number of rotatable bonds is 22. The van der Waals surface area contributed by atoms with Gasteiger partial charge in [-0.25, -0.2) is 0 Å². The number of aromatic nitrogens is 2. The van der Waals surface area contributed by atoms with E-state index in [4.69, 9.17) is 0 Å². The average molecular weight is 1850 g/mol.